The van der Waals surface area contributed by atoms with E-state index in [1.807, 2.05) is 5.51 Å². The number of hydrogen-bond donors (Lipinski definition) is 1. The van der Waals surface area contributed by atoms with Gasteiger partial charge in [-0.1, -0.05) is 30.3 Å². The number of piperazine rings is 1. The van der Waals surface area contributed by atoms with Crippen molar-refractivity contribution in [3.8, 4) is 0 Å². The molecule has 0 bridgehead atoms. The molecule has 3 nitrogen and oxygen atoms in total. The molecule has 106 valence electrons. The van der Waals surface area contributed by atoms with Crippen molar-refractivity contribution in [3.05, 3.63) is 59.6 Å². The van der Waals surface area contributed by atoms with E-state index in [9.17, 15) is 0 Å². The second kappa shape index (κ2) is 5.47. The van der Waals surface area contributed by atoms with Crippen molar-refractivity contribution < 1.29 is 0 Å². The summed E-state index contributed by atoms with van der Waals surface area (Å²) in [7, 11) is 0. The molecular weight excluding hydrogens is 278 g/mol. The van der Waals surface area contributed by atoms with Gasteiger partial charge in [0.25, 0.3) is 0 Å². The zero-order chi connectivity index (χ0) is 14.1. The smallest absolute Gasteiger partial charge is 0.0813 e. The molecule has 4 rings (SSSR count). The number of aromatic nitrogens is 1. The average Bonchev–Trinajstić information content (AvgIpc) is 3.03. The normalized spacial score (nSPS) is 19.0. The fourth-order valence-electron chi connectivity index (χ4n) is 2.93. The third kappa shape index (κ3) is 2.52. The molecule has 0 aliphatic carbocycles. The lowest BCUT2D eigenvalue weighted by atomic mass is 10.0. The van der Waals surface area contributed by atoms with E-state index in [4.69, 9.17) is 0 Å². The number of fused-ring (bicyclic) bond motifs is 1. The summed E-state index contributed by atoms with van der Waals surface area (Å²) in [5, 5.41) is 3.62. The van der Waals surface area contributed by atoms with Crippen molar-refractivity contribution >= 4 is 27.2 Å². The van der Waals surface area contributed by atoms with Gasteiger partial charge in [0.1, 0.15) is 0 Å². The number of hydrogen-bond acceptors (Lipinski definition) is 4. The summed E-state index contributed by atoms with van der Waals surface area (Å²) in [4.78, 5) is 6.82. The maximum atomic E-state index is 4.36. The van der Waals surface area contributed by atoms with E-state index in [0.717, 1.165) is 25.2 Å². The highest BCUT2D eigenvalue weighted by molar-refractivity contribution is 7.16. The summed E-state index contributed by atoms with van der Waals surface area (Å²) in [6, 6.07) is 17.7. The van der Waals surface area contributed by atoms with E-state index < -0.39 is 0 Å². The molecule has 0 amide bonds. The summed E-state index contributed by atoms with van der Waals surface area (Å²) in [5.74, 6) is 0. The van der Waals surface area contributed by atoms with E-state index >= 15 is 0 Å². The fraction of sp³-hybridized carbons (Fsp3) is 0.235. The third-order valence-corrected chi connectivity index (χ3v) is 4.85. The van der Waals surface area contributed by atoms with Gasteiger partial charge in [0.05, 0.1) is 15.7 Å². The van der Waals surface area contributed by atoms with Gasteiger partial charge in [-0.25, -0.2) is 4.98 Å². The first kappa shape index (κ1) is 12.8. The first-order valence-electron chi connectivity index (χ1n) is 7.27. The Labute approximate surface area is 128 Å². The molecule has 0 spiro atoms. The van der Waals surface area contributed by atoms with Crippen LogP contribution in [-0.2, 0) is 0 Å². The van der Waals surface area contributed by atoms with E-state index in [2.05, 4.69) is 63.7 Å². The van der Waals surface area contributed by atoms with Gasteiger partial charge in [0, 0.05) is 31.4 Å². The zero-order valence-electron chi connectivity index (χ0n) is 11.7. The molecule has 21 heavy (non-hydrogen) atoms. The SMILES string of the molecule is c1ccc(C2CN(c3ccc4ncsc4c3)CCN2)cc1. The van der Waals surface area contributed by atoms with E-state index in [0.29, 0.717) is 6.04 Å². The van der Waals surface area contributed by atoms with Gasteiger partial charge in [0.15, 0.2) is 0 Å². The number of nitrogens with one attached hydrogen (secondary N) is 1. The zero-order valence-corrected chi connectivity index (χ0v) is 12.5. The summed E-state index contributed by atoms with van der Waals surface area (Å²) in [6.45, 7) is 3.07. The number of rotatable bonds is 2. The van der Waals surface area contributed by atoms with Crippen LogP contribution >= 0.6 is 11.3 Å². The van der Waals surface area contributed by atoms with E-state index in [1.54, 1.807) is 11.3 Å². The minimum absolute atomic E-state index is 0.400. The van der Waals surface area contributed by atoms with Gasteiger partial charge < -0.3 is 10.2 Å². The first-order chi connectivity index (χ1) is 10.4. The van der Waals surface area contributed by atoms with E-state index in [1.165, 1.54) is 16.0 Å². The van der Waals surface area contributed by atoms with E-state index in [-0.39, 0.29) is 0 Å². The van der Waals surface area contributed by atoms with Gasteiger partial charge in [-0.3, -0.25) is 0 Å². The molecule has 1 saturated heterocycles. The number of thiazole rings is 1. The molecule has 0 radical (unpaired) electrons. The lowest BCUT2D eigenvalue weighted by Gasteiger charge is -2.35. The maximum Gasteiger partial charge on any atom is 0.0813 e. The van der Waals surface area contributed by atoms with Crippen LogP contribution in [0.15, 0.2) is 54.0 Å². The molecule has 1 atom stereocenters. The van der Waals surface area contributed by atoms with Crippen LogP contribution in [0, 0.1) is 0 Å². The van der Waals surface area contributed by atoms with Gasteiger partial charge in [0.2, 0.25) is 0 Å². The van der Waals surface area contributed by atoms with Crippen molar-refractivity contribution in [1.29, 1.82) is 0 Å². The fourth-order valence-corrected chi connectivity index (χ4v) is 3.64. The van der Waals surface area contributed by atoms with Gasteiger partial charge in [-0.15, -0.1) is 11.3 Å². The Morgan fingerprint density at radius 1 is 1.14 bits per heavy atom. The quantitative estimate of drug-likeness (QED) is 0.785. The first-order valence-corrected chi connectivity index (χ1v) is 8.15. The highest BCUT2D eigenvalue weighted by atomic mass is 32.1. The molecule has 1 aromatic heterocycles. The number of anilines is 1. The monoisotopic (exact) mass is 295 g/mol. The minimum atomic E-state index is 0.400. The lowest BCUT2D eigenvalue weighted by Crippen LogP contribution is -2.45. The maximum absolute atomic E-state index is 4.36. The van der Waals surface area contributed by atoms with Crippen LogP contribution < -0.4 is 10.2 Å². The van der Waals surface area contributed by atoms with Crippen molar-refractivity contribution in [2.75, 3.05) is 24.5 Å². The molecule has 0 saturated carbocycles. The lowest BCUT2D eigenvalue weighted by molar-refractivity contribution is 0.472. The Morgan fingerprint density at radius 2 is 2.05 bits per heavy atom. The van der Waals surface area contributed by atoms with Crippen LogP contribution in [0.2, 0.25) is 0 Å². The Bertz CT molecular complexity index is 738. The van der Waals surface area contributed by atoms with Crippen LogP contribution in [0.1, 0.15) is 11.6 Å². The molecule has 1 fully saturated rings. The summed E-state index contributed by atoms with van der Waals surface area (Å²) >= 11 is 1.71. The highest BCUT2D eigenvalue weighted by Crippen LogP contribution is 2.27. The largest absolute Gasteiger partial charge is 0.368 e. The van der Waals surface area contributed by atoms with Crippen molar-refractivity contribution in [1.82, 2.24) is 10.3 Å². The number of benzene rings is 2. The molecular formula is C17H17N3S. The highest BCUT2D eigenvalue weighted by Gasteiger charge is 2.21. The average molecular weight is 295 g/mol. The molecule has 1 unspecified atom stereocenters. The van der Waals surface area contributed by atoms with Crippen LogP contribution in [0.4, 0.5) is 5.69 Å². The predicted molar refractivity (Wildman–Crippen MR) is 89.0 cm³/mol. The van der Waals surface area contributed by atoms with Gasteiger partial charge >= 0.3 is 0 Å². The Kier molecular flexibility index (Phi) is 3.33. The van der Waals surface area contributed by atoms with Crippen molar-refractivity contribution in [2.45, 2.75) is 6.04 Å². The predicted octanol–water partition coefficient (Wildman–Crippen LogP) is 3.45. The van der Waals surface area contributed by atoms with Crippen LogP contribution in [0.25, 0.3) is 10.2 Å². The Balaban J connectivity index is 1.60. The third-order valence-electron chi connectivity index (χ3n) is 4.06. The van der Waals surface area contributed by atoms with Gasteiger partial charge in [-0.2, -0.15) is 0 Å². The molecule has 3 aromatic rings. The summed E-state index contributed by atoms with van der Waals surface area (Å²) in [5.41, 5.74) is 5.67. The van der Waals surface area contributed by atoms with Crippen LogP contribution in [0.3, 0.4) is 0 Å². The van der Waals surface area contributed by atoms with Crippen molar-refractivity contribution in [3.63, 3.8) is 0 Å². The standard InChI is InChI=1S/C17H17N3S/c1-2-4-13(5-3-1)16-11-20(9-8-18-16)14-6-7-15-17(10-14)21-12-19-15/h1-7,10,12,16,18H,8-9,11H2. The second-order valence-electron chi connectivity index (χ2n) is 5.37. The molecule has 4 heteroatoms. The second-order valence-corrected chi connectivity index (χ2v) is 6.25. The molecule has 2 heterocycles. The molecule has 2 aromatic carbocycles. The minimum Gasteiger partial charge on any atom is -0.368 e. The Hall–Kier alpha value is -1.91. The number of nitrogens with zero attached hydrogens (tertiary/aromatic N) is 2. The topological polar surface area (TPSA) is 28.2 Å². The van der Waals surface area contributed by atoms with Crippen LogP contribution in [-0.4, -0.2) is 24.6 Å². The summed E-state index contributed by atoms with van der Waals surface area (Å²) in [6.07, 6.45) is 0. The molecule has 1 aliphatic heterocycles. The summed E-state index contributed by atoms with van der Waals surface area (Å²) < 4.78 is 1.27. The van der Waals surface area contributed by atoms with Gasteiger partial charge in [-0.05, 0) is 23.8 Å². The molecule has 1 N–H and O–H groups in total. The van der Waals surface area contributed by atoms with Crippen LogP contribution in [0.5, 0.6) is 0 Å². The Morgan fingerprint density at radius 3 is 2.95 bits per heavy atom. The van der Waals surface area contributed by atoms with Crippen molar-refractivity contribution in [2.24, 2.45) is 0 Å². The molecule has 1 aliphatic rings.